The van der Waals surface area contributed by atoms with Crippen LogP contribution in [0, 0.1) is 5.92 Å². The quantitative estimate of drug-likeness (QED) is 0.786. The summed E-state index contributed by atoms with van der Waals surface area (Å²) in [5.41, 5.74) is 0.289. The standard InChI is InChI=1S/C13H26N2O/c1-15-8-3-5-12(10-15)9-13(11-16-2)6-4-7-14-13/h12,14H,3-11H2,1-2H3. The third-order valence-electron chi connectivity index (χ3n) is 4.15. The van der Waals surface area contributed by atoms with Crippen LogP contribution in [0.3, 0.4) is 0 Å². The topological polar surface area (TPSA) is 24.5 Å². The van der Waals surface area contributed by atoms with Gasteiger partial charge in [0.15, 0.2) is 0 Å². The van der Waals surface area contributed by atoms with Gasteiger partial charge >= 0.3 is 0 Å². The van der Waals surface area contributed by atoms with Crippen molar-refractivity contribution in [1.82, 2.24) is 10.2 Å². The molecule has 2 atom stereocenters. The predicted molar refractivity (Wildman–Crippen MR) is 66.7 cm³/mol. The van der Waals surface area contributed by atoms with Crippen molar-refractivity contribution in [2.24, 2.45) is 5.92 Å². The lowest BCUT2D eigenvalue weighted by Crippen LogP contribution is -2.47. The molecule has 94 valence electrons. The molecule has 1 N–H and O–H groups in total. The van der Waals surface area contributed by atoms with Gasteiger partial charge in [0, 0.05) is 19.2 Å². The van der Waals surface area contributed by atoms with Crippen LogP contribution in [0.5, 0.6) is 0 Å². The number of nitrogens with one attached hydrogen (secondary N) is 1. The Balaban J connectivity index is 1.89. The number of hydrogen-bond acceptors (Lipinski definition) is 3. The molecule has 2 aliphatic rings. The fraction of sp³-hybridized carbons (Fsp3) is 1.00. The van der Waals surface area contributed by atoms with Crippen LogP contribution in [0.4, 0.5) is 0 Å². The van der Waals surface area contributed by atoms with Gasteiger partial charge in [0.1, 0.15) is 0 Å². The fourth-order valence-electron chi connectivity index (χ4n) is 3.49. The normalized spacial score (nSPS) is 36.8. The molecule has 3 heteroatoms. The number of rotatable bonds is 4. The molecular weight excluding hydrogens is 200 g/mol. The van der Waals surface area contributed by atoms with Crippen LogP contribution >= 0.6 is 0 Å². The molecule has 2 aliphatic heterocycles. The Morgan fingerprint density at radius 2 is 2.31 bits per heavy atom. The molecule has 2 heterocycles. The molecule has 3 nitrogen and oxygen atoms in total. The first kappa shape index (κ1) is 12.3. The minimum atomic E-state index is 0.289. The molecular formula is C13H26N2O. The molecule has 0 aromatic carbocycles. The van der Waals surface area contributed by atoms with E-state index in [4.69, 9.17) is 4.74 Å². The zero-order valence-corrected chi connectivity index (χ0v) is 10.8. The molecule has 0 bridgehead atoms. The van der Waals surface area contributed by atoms with Gasteiger partial charge in [-0.1, -0.05) is 0 Å². The molecule has 16 heavy (non-hydrogen) atoms. The molecule has 2 rings (SSSR count). The number of piperidine rings is 1. The van der Waals surface area contributed by atoms with Crippen molar-refractivity contribution in [1.29, 1.82) is 0 Å². The number of methoxy groups -OCH3 is 1. The van der Waals surface area contributed by atoms with Crippen LogP contribution in [0.25, 0.3) is 0 Å². The number of nitrogens with zero attached hydrogens (tertiary/aromatic N) is 1. The van der Waals surface area contributed by atoms with Gasteiger partial charge < -0.3 is 15.0 Å². The second kappa shape index (κ2) is 5.48. The highest BCUT2D eigenvalue weighted by atomic mass is 16.5. The minimum absolute atomic E-state index is 0.289. The maximum atomic E-state index is 5.42. The molecule has 0 aliphatic carbocycles. The summed E-state index contributed by atoms with van der Waals surface area (Å²) < 4.78 is 5.42. The first-order valence-electron chi connectivity index (χ1n) is 6.67. The zero-order chi connectivity index (χ0) is 11.4. The summed E-state index contributed by atoms with van der Waals surface area (Å²) in [7, 11) is 4.08. The minimum Gasteiger partial charge on any atom is -0.383 e. The van der Waals surface area contributed by atoms with Crippen molar-refractivity contribution in [3.63, 3.8) is 0 Å². The second-order valence-corrected chi connectivity index (χ2v) is 5.72. The van der Waals surface area contributed by atoms with E-state index in [-0.39, 0.29) is 5.54 Å². The molecule has 2 unspecified atom stereocenters. The van der Waals surface area contributed by atoms with Gasteiger partial charge in [-0.3, -0.25) is 0 Å². The van der Waals surface area contributed by atoms with E-state index in [0.29, 0.717) is 0 Å². The van der Waals surface area contributed by atoms with E-state index in [0.717, 1.165) is 12.5 Å². The summed E-state index contributed by atoms with van der Waals surface area (Å²) >= 11 is 0. The monoisotopic (exact) mass is 226 g/mol. The first-order valence-corrected chi connectivity index (χ1v) is 6.67. The van der Waals surface area contributed by atoms with E-state index in [1.807, 2.05) is 7.11 Å². The molecule has 2 fully saturated rings. The maximum Gasteiger partial charge on any atom is 0.0644 e. The number of ether oxygens (including phenoxy) is 1. The van der Waals surface area contributed by atoms with Crippen molar-refractivity contribution in [3.8, 4) is 0 Å². The first-order chi connectivity index (χ1) is 7.74. The number of likely N-dealkylation sites (tertiary alicyclic amines) is 1. The van der Waals surface area contributed by atoms with Gasteiger partial charge in [0.05, 0.1) is 6.61 Å². The Hall–Kier alpha value is -0.120. The van der Waals surface area contributed by atoms with Crippen LogP contribution in [-0.2, 0) is 4.74 Å². The summed E-state index contributed by atoms with van der Waals surface area (Å²) in [6.07, 6.45) is 6.67. The predicted octanol–water partition coefficient (Wildman–Crippen LogP) is 1.49. The van der Waals surface area contributed by atoms with Gasteiger partial charge in [-0.05, 0) is 58.2 Å². The lowest BCUT2D eigenvalue weighted by molar-refractivity contribution is 0.0868. The summed E-state index contributed by atoms with van der Waals surface area (Å²) in [6, 6.07) is 0. The van der Waals surface area contributed by atoms with Gasteiger partial charge in [-0.25, -0.2) is 0 Å². The average Bonchev–Trinajstić information content (AvgIpc) is 2.67. The Bertz CT molecular complexity index is 214. The molecule has 2 saturated heterocycles. The number of hydrogen-bond donors (Lipinski definition) is 1. The second-order valence-electron chi connectivity index (χ2n) is 5.72. The average molecular weight is 226 g/mol. The highest BCUT2D eigenvalue weighted by molar-refractivity contribution is 4.95. The van der Waals surface area contributed by atoms with Crippen molar-refractivity contribution < 1.29 is 4.74 Å². The van der Waals surface area contributed by atoms with Crippen LogP contribution in [0.1, 0.15) is 32.1 Å². The van der Waals surface area contributed by atoms with Gasteiger partial charge in [-0.15, -0.1) is 0 Å². The van der Waals surface area contributed by atoms with E-state index in [9.17, 15) is 0 Å². The van der Waals surface area contributed by atoms with Gasteiger partial charge in [0.25, 0.3) is 0 Å². The van der Waals surface area contributed by atoms with Crippen molar-refractivity contribution >= 4 is 0 Å². The lowest BCUT2D eigenvalue weighted by atomic mass is 9.83. The smallest absolute Gasteiger partial charge is 0.0644 e. The van der Waals surface area contributed by atoms with Crippen LogP contribution in [-0.4, -0.2) is 50.8 Å². The summed E-state index contributed by atoms with van der Waals surface area (Å²) in [5, 5.41) is 3.69. The Labute approximate surface area is 99.5 Å². The van der Waals surface area contributed by atoms with Crippen LogP contribution in [0.2, 0.25) is 0 Å². The lowest BCUT2D eigenvalue weighted by Gasteiger charge is -2.37. The zero-order valence-electron chi connectivity index (χ0n) is 10.8. The third kappa shape index (κ3) is 2.96. The molecule has 0 aromatic rings. The molecule has 0 spiro atoms. The van der Waals surface area contributed by atoms with E-state index in [1.54, 1.807) is 0 Å². The van der Waals surface area contributed by atoms with Crippen LogP contribution in [0.15, 0.2) is 0 Å². The molecule has 0 saturated carbocycles. The largest absolute Gasteiger partial charge is 0.383 e. The molecule has 0 amide bonds. The SMILES string of the molecule is COCC1(CC2CCCN(C)C2)CCCN1. The van der Waals surface area contributed by atoms with Crippen molar-refractivity contribution in [2.75, 3.05) is 40.4 Å². The maximum absolute atomic E-state index is 5.42. The van der Waals surface area contributed by atoms with Crippen molar-refractivity contribution in [2.45, 2.75) is 37.6 Å². The van der Waals surface area contributed by atoms with E-state index < -0.39 is 0 Å². The Morgan fingerprint density at radius 1 is 1.44 bits per heavy atom. The van der Waals surface area contributed by atoms with E-state index in [2.05, 4.69) is 17.3 Å². The third-order valence-corrected chi connectivity index (χ3v) is 4.15. The van der Waals surface area contributed by atoms with Crippen LogP contribution < -0.4 is 5.32 Å². The van der Waals surface area contributed by atoms with Gasteiger partial charge in [-0.2, -0.15) is 0 Å². The molecule has 0 radical (unpaired) electrons. The van der Waals surface area contributed by atoms with E-state index in [1.165, 1.54) is 51.7 Å². The highest BCUT2D eigenvalue weighted by Gasteiger charge is 2.36. The fourth-order valence-corrected chi connectivity index (χ4v) is 3.49. The summed E-state index contributed by atoms with van der Waals surface area (Å²) in [4.78, 5) is 2.48. The Morgan fingerprint density at radius 3 is 2.94 bits per heavy atom. The van der Waals surface area contributed by atoms with Crippen molar-refractivity contribution in [3.05, 3.63) is 0 Å². The molecule has 0 aromatic heterocycles. The van der Waals surface area contributed by atoms with E-state index >= 15 is 0 Å². The summed E-state index contributed by atoms with van der Waals surface area (Å²) in [6.45, 7) is 4.60. The highest BCUT2D eigenvalue weighted by Crippen LogP contribution is 2.31. The Kier molecular flexibility index (Phi) is 4.22. The summed E-state index contributed by atoms with van der Waals surface area (Å²) in [5.74, 6) is 0.861. The van der Waals surface area contributed by atoms with Gasteiger partial charge in [0.2, 0.25) is 0 Å².